The highest BCUT2D eigenvalue weighted by Crippen LogP contribution is 2.20. The molecule has 0 radical (unpaired) electrons. The molecule has 0 saturated carbocycles. The second-order valence-corrected chi connectivity index (χ2v) is 4.86. The highest BCUT2D eigenvalue weighted by molar-refractivity contribution is 5.61. The molecule has 0 amide bonds. The van der Waals surface area contributed by atoms with Crippen LogP contribution in [0, 0.1) is 0 Å². The molecule has 2 aromatic rings. The molecular weight excluding hydrogens is 264 g/mol. The molecule has 1 heterocycles. The van der Waals surface area contributed by atoms with Gasteiger partial charge in [0.2, 0.25) is 0 Å². The highest BCUT2D eigenvalue weighted by atomic mass is 16.5. The maximum atomic E-state index is 5.15. The van der Waals surface area contributed by atoms with E-state index in [1.807, 2.05) is 43.3 Å². The monoisotopic (exact) mass is 286 g/mol. The lowest BCUT2D eigenvalue weighted by atomic mass is 10.2. The maximum absolute atomic E-state index is 5.15. The van der Waals surface area contributed by atoms with Crippen molar-refractivity contribution < 1.29 is 4.74 Å². The van der Waals surface area contributed by atoms with E-state index in [2.05, 4.69) is 27.5 Å². The summed E-state index contributed by atoms with van der Waals surface area (Å²) in [5.41, 5.74) is 1.000. The fraction of sp³-hybridized carbons (Fsp3) is 0.375. The fourth-order valence-electron chi connectivity index (χ4n) is 2.05. The van der Waals surface area contributed by atoms with Crippen LogP contribution in [0.3, 0.4) is 0 Å². The van der Waals surface area contributed by atoms with Crippen LogP contribution >= 0.6 is 0 Å². The van der Waals surface area contributed by atoms with Crippen molar-refractivity contribution in [2.75, 3.05) is 30.9 Å². The standard InChI is InChI=1S/C16H22N4O/c1-4-17-14-10-15(18-12(2)11-21-3)20-16(19-14)13-8-6-5-7-9-13/h5-10,12H,4,11H2,1-3H3,(H2,17,18,19,20). The van der Waals surface area contributed by atoms with E-state index in [1.54, 1.807) is 7.11 Å². The second-order valence-electron chi connectivity index (χ2n) is 4.86. The molecular formula is C16H22N4O. The normalized spacial score (nSPS) is 12.0. The van der Waals surface area contributed by atoms with Crippen LogP contribution in [0.5, 0.6) is 0 Å². The van der Waals surface area contributed by atoms with Gasteiger partial charge in [0, 0.05) is 31.3 Å². The number of aromatic nitrogens is 2. The molecule has 21 heavy (non-hydrogen) atoms. The van der Waals surface area contributed by atoms with E-state index in [9.17, 15) is 0 Å². The Morgan fingerprint density at radius 3 is 2.52 bits per heavy atom. The second kappa shape index (κ2) is 7.59. The average molecular weight is 286 g/mol. The van der Waals surface area contributed by atoms with Gasteiger partial charge < -0.3 is 15.4 Å². The predicted molar refractivity (Wildman–Crippen MR) is 86.6 cm³/mol. The van der Waals surface area contributed by atoms with Gasteiger partial charge in [-0.15, -0.1) is 0 Å². The number of benzene rings is 1. The lowest BCUT2D eigenvalue weighted by Crippen LogP contribution is -2.21. The first-order valence-corrected chi connectivity index (χ1v) is 7.16. The van der Waals surface area contributed by atoms with Crippen LogP contribution in [0.25, 0.3) is 11.4 Å². The lowest BCUT2D eigenvalue weighted by Gasteiger charge is -2.15. The molecule has 0 bridgehead atoms. The van der Waals surface area contributed by atoms with Crippen molar-refractivity contribution in [1.29, 1.82) is 0 Å². The first-order valence-electron chi connectivity index (χ1n) is 7.16. The minimum atomic E-state index is 0.183. The van der Waals surface area contributed by atoms with Gasteiger partial charge in [-0.1, -0.05) is 30.3 Å². The summed E-state index contributed by atoms with van der Waals surface area (Å²) in [6.07, 6.45) is 0. The Hall–Kier alpha value is -2.14. The molecule has 0 aliphatic rings. The number of hydrogen-bond donors (Lipinski definition) is 2. The number of ether oxygens (including phenoxy) is 1. The number of nitrogens with zero attached hydrogens (tertiary/aromatic N) is 2. The summed E-state index contributed by atoms with van der Waals surface area (Å²) >= 11 is 0. The lowest BCUT2D eigenvalue weighted by molar-refractivity contribution is 0.190. The summed E-state index contributed by atoms with van der Waals surface area (Å²) in [5.74, 6) is 2.32. The molecule has 2 rings (SSSR count). The van der Waals surface area contributed by atoms with Gasteiger partial charge in [-0.2, -0.15) is 0 Å². The first-order chi connectivity index (χ1) is 10.2. The molecule has 0 saturated heterocycles. The van der Waals surface area contributed by atoms with Crippen molar-refractivity contribution in [1.82, 2.24) is 9.97 Å². The van der Waals surface area contributed by atoms with Crippen molar-refractivity contribution in [2.45, 2.75) is 19.9 Å². The fourth-order valence-corrected chi connectivity index (χ4v) is 2.05. The van der Waals surface area contributed by atoms with Crippen molar-refractivity contribution >= 4 is 11.6 Å². The van der Waals surface area contributed by atoms with Gasteiger partial charge in [0.25, 0.3) is 0 Å². The highest BCUT2D eigenvalue weighted by Gasteiger charge is 2.08. The zero-order chi connectivity index (χ0) is 15.1. The third-order valence-corrected chi connectivity index (χ3v) is 2.93. The van der Waals surface area contributed by atoms with Crippen molar-refractivity contribution in [3.63, 3.8) is 0 Å². The van der Waals surface area contributed by atoms with Crippen LogP contribution < -0.4 is 10.6 Å². The molecule has 2 N–H and O–H groups in total. The van der Waals surface area contributed by atoms with Gasteiger partial charge in [-0.05, 0) is 13.8 Å². The zero-order valence-corrected chi connectivity index (χ0v) is 12.8. The van der Waals surface area contributed by atoms with E-state index >= 15 is 0 Å². The molecule has 5 heteroatoms. The quantitative estimate of drug-likeness (QED) is 0.819. The maximum Gasteiger partial charge on any atom is 0.163 e. The van der Waals surface area contributed by atoms with Crippen LogP contribution in [0.2, 0.25) is 0 Å². The Kier molecular flexibility index (Phi) is 5.51. The van der Waals surface area contributed by atoms with Gasteiger partial charge in [0.15, 0.2) is 5.82 Å². The molecule has 1 unspecified atom stereocenters. The average Bonchev–Trinajstić information content (AvgIpc) is 2.48. The van der Waals surface area contributed by atoms with Crippen LogP contribution in [0.1, 0.15) is 13.8 Å². The third kappa shape index (κ3) is 4.43. The first kappa shape index (κ1) is 15.3. The molecule has 1 aromatic heterocycles. The van der Waals surface area contributed by atoms with Crippen LogP contribution in [-0.4, -0.2) is 36.3 Å². The minimum Gasteiger partial charge on any atom is -0.383 e. The molecule has 112 valence electrons. The summed E-state index contributed by atoms with van der Waals surface area (Å²) in [6, 6.07) is 12.1. The molecule has 1 atom stereocenters. The summed E-state index contributed by atoms with van der Waals surface area (Å²) in [4.78, 5) is 9.14. The summed E-state index contributed by atoms with van der Waals surface area (Å²) in [5, 5.41) is 6.58. The van der Waals surface area contributed by atoms with E-state index in [1.165, 1.54) is 0 Å². The van der Waals surface area contributed by atoms with Crippen molar-refractivity contribution in [3.8, 4) is 11.4 Å². The Bertz CT molecular complexity index is 559. The smallest absolute Gasteiger partial charge is 0.163 e. The number of hydrogen-bond acceptors (Lipinski definition) is 5. The van der Waals surface area contributed by atoms with Gasteiger partial charge >= 0.3 is 0 Å². The Labute approximate surface area is 125 Å². The summed E-state index contributed by atoms with van der Waals surface area (Å²) in [7, 11) is 1.69. The van der Waals surface area contributed by atoms with Crippen molar-refractivity contribution in [3.05, 3.63) is 36.4 Å². The Morgan fingerprint density at radius 2 is 1.86 bits per heavy atom. The van der Waals surface area contributed by atoms with E-state index < -0.39 is 0 Å². The number of methoxy groups -OCH3 is 1. The zero-order valence-electron chi connectivity index (χ0n) is 12.8. The Morgan fingerprint density at radius 1 is 1.14 bits per heavy atom. The molecule has 1 aromatic carbocycles. The van der Waals surface area contributed by atoms with Gasteiger partial charge in [-0.25, -0.2) is 9.97 Å². The van der Waals surface area contributed by atoms with E-state index in [0.29, 0.717) is 12.4 Å². The largest absolute Gasteiger partial charge is 0.383 e. The summed E-state index contributed by atoms with van der Waals surface area (Å²) in [6.45, 7) is 5.55. The van der Waals surface area contributed by atoms with E-state index in [0.717, 1.165) is 23.7 Å². The molecule has 0 spiro atoms. The van der Waals surface area contributed by atoms with Crippen LogP contribution in [0.15, 0.2) is 36.4 Å². The Balaban J connectivity index is 2.30. The van der Waals surface area contributed by atoms with Gasteiger partial charge in [0.05, 0.1) is 6.61 Å². The topological polar surface area (TPSA) is 59.1 Å². The predicted octanol–water partition coefficient (Wildman–Crippen LogP) is 3.02. The summed E-state index contributed by atoms with van der Waals surface area (Å²) < 4.78 is 5.15. The SMILES string of the molecule is CCNc1cc(NC(C)COC)nc(-c2ccccc2)n1. The van der Waals surface area contributed by atoms with E-state index in [-0.39, 0.29) is 6.04 Å². The van der Waals surface area contributed by atoms with Crippen molar-refractivity contribution in [2.24, 2.45) is 0 Å². The van der Waals surface area contributed by atoms with Gasteiger partial charge in [0.1, 0.15) is 11.6 Å². The number of rotatable bonds is 7. The molecule has 0 aliphatic heterocycles. The van der Waals surface area contributed by atoms with Crippen LogP contribution in [-0.2, 0) is 4.74 Å². The molecule has 0 aliphatic carbocycles. The molecule has 5 nitrogen and oxygen atoms in total. The van der Waals surface area contributed by atoms with Crippen LogP contribution in [0.4, 0.5) is 11.6 Å². The molecule has 0 fully saturated rings. The number of anilines is 2. The van der Waals surface area contributed by atoms with Gasteiger partial charge in [-0.3, -0.25) is 0 Å². The number of nitrogens with one attached hydrogen (secondary N) is 2. The van der Waals surface area contributed by atoms with E-state index in [4.69, 9.17) is 4.74 Å². The minimum absolute atomic E-state index is 0.183. The third-order valence-electron chi connectivity index (χ3n) is 2.93.